The van der Waals surface area contributed by atoms with Gasteiger partial charge in [-0.3, -0.25) is 0 Å². The molecule has 0 aromatic carbocycles. The van der Waals surface area contributed by atoms with E-state index in [4.69, 9.17) is 4.52 Å². The number of nitrogens with one attached hydrogen (secondary N) is 1. The molecule has 0 radical (unpaired) electrons. The first-order chi connectivity index (χ1) is 7.63. The average molecular weight is 223 g/mol. The highest BCUT2D eigenvalue weighted by Gasteiger charge is 2.28. The second-order valence-electron chi connectivity index (χ2n) is 5.22. The maximum atomic E-state index is 5.39. The molecule has 2 rings (SSSR count). The van der Waals surface area contributed by atoms with Crippen molar-refractivity contribution in [3.05, 3.63) is 11.7 Å². The summed E-state index contributed by atoms with van der Waals surface area (Å²) in [5, 5.41) is 7.49. The Bertz CT molecular complexity index is 340. The van der Waals surface area contributed by atoms with E-state index in [0.29, 0.717) is 5.92 Å². The lowest BCUT2D eigenvalue weighted by Gasteiger charge is -2.19. The summed E-state index contributed by atoms with van der Waals surface area (Å²) >= 11 is 0. The minimum Gasteiger partial charge on any atom is -0.339 e. The fourth-order valence-corrected chi connectivity index (χ4v) is 1.91. The van der Waals surface area contributed by atoms with Crippen LogP contribution in [0.3, 0.4) is 0 Å². The molecule has 0 atom stereocenters. The van der Waals surface area contributed by atoms with Crippen LogP contribution in [-0.2, 0) is 5.41 Å². The van der Waals surface area contributed by atoms with E-state index >= 15 is 0 Å². The molecule has 1 fully saturated rings. The van der Waals surface area contributed by atoms with Gasteiger partial charge in [-0.15, -0.1) is 0 Å². The summed E-state index contributed by atoms with van der Waals surface area (Å²) in [6.07, 6.45) is 3.25. The van der Waals surface area contributed by atoms with Crippen LogP contribution in [0.5, 0.6) is 0 Å². The van der Waals surface area contributed by atoms with Gasteiger partial charge in [0.2, 0.25) is 5.89 Å². The van der Waals surface area contributed by atoms with Crippen molar-refractivity contribution >= 4 is 0 Å². The van der Waals surface area contributed by atoms with E-state index in [1.54, 1.807) is 0 Å². The molecule has 1 N–H and O–H groups in total. The number of piperidine rings is 1. The summed E-state index contributed by atoms with van der Waals surface area (Å²) < 4.78 is 5.39. The first kappa shape index (κ1) is 11.6. The Kier molecular flexibility index (Phi) is 3.28. The highest BCUT2D eigenvalue weighted by Crippen LogP contribution is 2.28. The second kappa shape index (κ2) is 4.53. The Balaban J connectivity index is 2.12. The van der Waals surface area contributed by atoms with Gasteiger partial charge >= 0.3 is 0 Å². The highest BCUT2D eigenvalue weighted by atomic mass is 16.5. The van der Waals surface area contributed by atoms with Gasteiger partial charge in [0.25, 0.3) is 0 Å². The van der Waals surface area contributed by atoms with E-state index in [1.165, 1.54) is 0 Å². The largest absolute Gasteiger partial charge is 0.339 e. The van der Waals surface area contributed by atoms with Crippen LogP contribution < -0.4 is 5.32 Å². The summed E-state index contributed by atoms with van der Waals surface area (Å²) in [7, 11) is 0. The Morgan fingerprint density at radius 1 is 1.38 bits per heavy atom. The third-order valence-electron chi connectivity index (χ3n) is 3.61. The van der Waals surface area contributed by atoms with Gasteiger partial charge in [-0.25, -0.2) is 0 Å². The van der Waals surface area contributed by atoms with E-state index in [2.05, 4.69) is 36.2 Å². The quantitative estimate of drug-likeness (QED) is 0.853. The Morgan fingerprint density at radius 3 is 2.69 bits per heavy atom. The third-order valence-corrected chi connectivity index (χ3v) is 3.61. The molecule has 0 bridgehead atoms. The van der Waals surface area contributed by atoms with Gasteiger partial charge < -0.3 is 9.84 Å². The number of nitrogens with zero attached hydrogens (tertiary/aromatic N) is 2. The zero-order valence-corrected chi connectivity index (χ0v) is 10.4. The van der Waals surface area contributed by atoms with Crippen molar-refractivity contribution in [1.29, 1.82) is 0 Å². The first-order valence-electron chi connectivity index (χ1n) is 6.18. The van der Waals surface area contributed by atoms with Crippen LogP contribution in [0.25, 0.3) is 0 Å². The molecule has 0 unspecified atom stereocenters. The second-order valence-corrected chi connectivity index (χ2v) is 5.22. The summed E-state index contributed by atoms with van der Waals surface area (Å²) in [5.74, 6) is 2.16. The smallest absolute Gasteiger partial charge is 0.232 e. The Morgan fingerprint density at radius 2 is 2.06 bits per heavy atom. The summed E-state index contributed by atoms with van der Waals surface area (Å²) in [6, 6.07) is 0. The normalized spacial score (nSPS) is 18.9. The van der Waals surface area contributed by atoms with Crippen molar-refractivity contribution in [2.45, 2.75) is 51.4 Å². The molecule has 0 amide bonds. The summed E-state index contributed by atoms with van der Waals surface area (Å²) in [5.41, 5.74) is -0.00182. The molecule has 1 aromatic rings. The maximum Gasteiger partial charge on any atom is 0.232 e. The van der Waals surface area contributed by atoms with Crippen LogP contribution in [0.1, 0.15) is 57.7 Å². The number of hydrogen-bond donors (Lipinski definition) is 1. The van der Waals surface area contributed by atoms with E-state index in [-0.39, 0.29) is 5.41 Å². The van der Waals surface area contributed by atoms with Gasteiger partial charge in [-0.1, -0.05) is 25.9 Å². The molecule has 1 aliphatic heterocycles. The molecule has 1 aromatic heterocycles. The van der Waals surface area contributed by atoms with Crippen LogP contribution >= 0.6 is 0 Å². The minimum atomic E-state index is -0.00182. The fourth-order valence-electron chi connectivity index (χ4n) is 1.91. The topological polar surface area (TPSA) is 51.0 Å². The fraction of sp³-hybridized carbons (Fsp3) is 0.833. The molecule has 0 saturated carbocycles. The van der Waals surface area contributed by atoms with Crippen molar-refractivity contribution < 1.29 is 4.52 Å². The van der Waals surface area contributed by atoms with Crippen LogP contribution in [0.2, 0.25) is 0 Å². The first-order valence-corrected chi connectivity index (χ1v) is 6.18. The molecule has 1 aliphatic rings. The van der Waals surface area contributed by atoms with Crippen molar-refractivity contribution in [2.75, 3.05) is 13.1 Å². The van der Waals surface area contributed by atoms with Gasteiger partial charge in [0.15, 0.2) is 5.82 Å². The van der Waals surface area contributed by atoms with Crippen LogP contribution in [-0.4, -0.2) is 23.2 Å². The lowest BCUT2D eigenvalue weighted by Crippen LogP contribution is -2.27. The highest BCUT2D eigenvalue weighted by molar-refractivity contribution is 5.04. The Hall–Kier alpha value is -0.900. The van der Waals surface area contributed by atoms with Gasteiger partial charge in [-0.05, 0) is 32.4 Å². The van der Waals surface area contributed by atoms with Crippen LogP contribution in [0.4, 0.5) is 0 Å². The average Bonchev–Trinajstić information content (AvgIpc) is 2.80. The van der Waals surface area contributed by atoms with E-state index in [9.17, 15) is 0 Å². The third kappa shape index (κ3) is 2.26. The molecule has 4 nitrogen and oxygen atoms in total. The van der Waals surface area contributed by atoms with Gasteiger partial charge in [0, 0.05) is 11.3 Å². The van der Waals surface area contributed by atoms with Crippen molar-refractivity contribution in [3.8, 4) is 0 Å². The summed E-state index contributed by atoms with van der Waals surface area (Å²) in [6.45, 7) is 8.56. The van der Waals surface area contributed by atoms with Crippen LogP contribution in [0.15, 0.2) is 4.52 Å². The molecule has 16 heavy (non-hydrogen) atoms. The predicted octanol–water partition coefficient (Wildman–Crippen LogP) is 2.22. The van der Waals surface area contributed by atoms with E-state index in [0.717, 1.165) is 44.1 Å². The Labute approximate surface area is 96.8 Å². The summed E-state index contributed by atoms with van der Waals surface area (Å²) in [4.78, 5) is 4.57. The molecular weight excluding hydrogens is 202 g/mol. The molecular formula is C12H21N3O. The standard InChI is InChI=1S/C12H21N3O/c1-4-12(2,3)11-14-10(15-16-11)9-5-7-13-8-6-9/h9,13H,4-8H2,1-3H3. The van der Waals surface area contributed by atoms with Gasteiger partial charge in [0.1, 0.15) is 0 Å². The number of hydrogen-bond acceptors (Lipinski definition) is 4. The lowest BCUT2D eigenvalue weighted by atomic mass is 9.90. The molecule has 0 aliphatic carbocycles. The van der Waals surface area contributed by atoms with Gasteiger partial charge in [-0.2, -0.15) is 4.98 Å². The lowest BCUT2D eigenvalue weighted by molar-refractivity contribution is 0.297. The SMILES string of the molecule is CCC(C)(C)c1nc(C2CCNCC2)no1. The minimum absolute atomic E-state index is 0.00182. The number of aromatic nitrogens is 2. The maximum absolute atomic E-state index is 5.39. The van der Waals surface area contributed by atoms with Gasteiger partial charge in [0.05, 0.1) is 0 Å². The van der Waals surface area contributed by atoms with E-state index < -0.39 is 0 Å². The number of rotatable bonds is 3. The zero-order valence-electron chi connectivity index (χ0n) is 10.4. The van der Waals surface area contributed by atoms with E-state index in [1.807, 2.05) is 0 Å². The van der Waals surface area contributed by atoms with Crippen molar-refractivity contribution in [2.24, 2.45) is 0 Å². The van der Waals surface area contributed by atoms with Crippen LogP contribution in [0, 0.1) is 0 Å². The van der Waals surface area contributed by atoms with Crippen molar-refractivity contribution in [3.63, 3.8) is 0 Å². The predicted molar refractivity (Wildman–Crippen MR) is 62.5 cm³/mol. The molecule has 1 saturated heterocycles. The molecule has 4 heteroatoms. The zero-order chi connectivity index (χ0) is 11.6. The molecule has 2 heterocycles. The monoisotopic (exact) mass is 223 g/mol. The van der Waals surface area contributed by atoms with Crippen molar-refractivity contribution in [1.82, 2.24) is 15.5 Å². The molecule has 90 valence electrons. The molecule has 0 spiro atoms.